The largest absolute Gasteiger partial charge is 0.598 e. The van der Waals surface area contributed by atoms with Crippen molar-refractivity contribution in [1.82, 2.24) is 19.8 Å². The third kappa shape index (κ3) is 3.33. The fourth-order valence-electron chi connectivity index (χ4n) is 4.11. The van der Waals surface area contributed by atoms with Gasteiger partial charge in [-0.1, -0.05) is 12.1 Å². The van der Waals surface area contributed by atoms with Crippen LogP contribution in [0.5, 0.6) is 0 Å². The molecule has 7 heteroatoms. The normalized spacial score (nSPS) is 29.3. The first-order valence-electron chi connectivity index (χ1n) is 8.64. The number of rotatable bonds is 5. The summed E-state index contributed by atoms with van der Waals surface area (Å²) in [4.78, 5) is 0. The predicted octanol–water partition coefficient (Wildman–Crippen LogP) is 1.77. The van der Waals surface area contributed by atoms with Crippen molar-refractivity contribution in [2.24, 2.45) is 13.0 Å². The smallest absolute Gasteiger partial charge is 0.135 e. The van der Waals surface area contributed by atoms with Crippen LogP contribution in [0.1, 0.15) is 18.4 Å². The van der Waals surface area contributed by atoms with Gasteiger partial charge in [-0.15, -0.1) is 4.72 Å². The zero-order valence-electron chi connectivity index (χ0n) is 14.4. The molecule has 2 N–H and O–H groups in total. The third-order valence-corrected chi connectivity index (χ3v) is 5.98. The first kappa shape index (κ1) is 17.0. The van der Waals surface area contributed by atoms with E-state index in [0.717, 1.165) is 12.8 Å². The zero-order chi connectivity index (χ0) is 17.6. The van der Waals surface area contributed by atoms with Crippen molar-refractivity contribution in [3.05, 3.63) is 41.8 Å². The lowest BCUT2D eigenvalue weighted by Crippen LogP contribution is -2.67. The molecule has 2 aromatic rings. The molecule has 5 rings (SSSR count). The average molecular weight is 362 g/mol. The monoisotopic (exact) mass is 362 g/mol. The van der Waals surface area contributed by atoms with E-state index in [4.69, 9.17) is 0 Å². The number of nitrogens with one attached hydrogen (secondary N) is 2. The van der Waals surface area contributed by atoms with E-state index in [-0.39, 0.29) is 17.9 Å². The van der Waals surface area contributed by atoms with Crippen molar-refractivity contribution in [3.8, 4) is 11.3 Å². The molecule has 1 aromatic carbocycles. The van der Waals surface area contributed by atoms with E-state index >= 15 is 4.39 Å². The molecule has 134 valence electrons. The molecule has 2 aliphatic heterocycles. The van der Waals surface area contributed by atoms with Crippen molar-refractivity contribution in [1.29, 1.82) is 0 Å². The van der Waals surface area contributed by atoms with E-state index in [0.29, 0.717) is 35.2 Å². The average Bonchev–Trinajstić information content (AvgIpc) is 2.95. The number of benzene rings is 1. The molecule has 3 heterocycles. The highest BCUT2D eigenvalue weighted by atomic mass is 32.2. The van der Waals surface area contributed by atoms with Gasteiger partial charge in [-0.25, -0.2) is 4.39 Å². The summed E-state index contributed by atoms with van der Waals surface area (Å²) in [5.74, 6) is 0.320. The predicted molar refractivity (Wildman–Crippen MR) is 96.7 cm³/mol. The summed E-state index contributed by atoms with van der Waals surface area (Å²) in [5.41, 5.74) is 1.85. The van der Waals surface area contributed by atoms with Crippen molar-refractivity contribution < 1.29 is 8.94 Å². The van der Waals surface area contributed by atoms with Crippen LogP contribution in [-0.2, 0) is 24.8 Å². The minimum Gasteiger partial charge on any atom is -0.598 e. The Hall–Kier alpha value is -1.41. The van der Waals surface area contributed by atoms with E-state index in [1.807, 2.05) is 31.4 Å². The molecule has 0 amide bonds. The number of aromatic nitrogens is 2. The lowest BCUT2D eigenvalue weighted by atomic mass is 9.68. The van der Waals surface area contributed by atoms with Crippen molar-refractivity contribution in [3.63, 3.8) is 0 Å². The fraction of sp³-hybridized carbons (Fsp3) is 0.500. The molecule has 3 aliphatic rings. The lowest BCUT2D eigenvalue weighted by Gasteiger charge is -2.51. The molecular formula is C18H23FN4OS. The van der Waals surface area contributed by atoms with Crippen molar-refractivity contribution in [2.75, 3.05) is 6.26 Å². The summed E-state index contributed by atoms with van der Waals surface area (Å²) < 4.78 is 31.6. The summed E-state index contributed by atoms with van der Waals surface area (Å²) >= 11 is -1.07. The fourth-order valence-corrected chi connectivity index (χ4v) is 4.85. The lowest BCUT2D eigenvalue weighted by molar-refractivity contribution is 0.0809. The van der Waals surface area contributed by atoms with Gasteiger partial charge in [0.15, 0.2) is 0 Å². The highest BCUT2D eigenvalue weighted by molar-refractivity contribution is 7.88. The Morgan fingerprint density at radius 2 is 2.20 bits per heavy atom. The van der Waals surface area contributed by atoms with Gasteiger partial charge in [0, 0.05) is 42.3 Å². The molecule has 2 saturated heterocycles. The first-order valence-corrected chi connectivity index (χ1v) is 10.2. The zero-order valence-corrected chi connectivity index (χ0v) is 15.2. The summed E-state index contributed by atoms with van der Waals surface area (Å²) in [6, 6.07) is 8.03. The van der Waals surface area contributed by atoms with Gasteiger partial charge in [0.2, 0.25) is 0 Å². The van der Waals surface area contributed by atoms with Crippen molar-refractivity contribution >= 4 is 11.4 Å². The Labute approximate surface area is 150 Å². The van der Waals surface area contributed by atoms with Gasteiger partial charge in [0.05, 0.1) is 11.7 Å². The van der Waals surface area contributed by atoms with Crippen LogP contribution < -0.4 is 10.0 Å². The van der Waals surface area contributed by atoms with E-state index < -0.39 is 11.4 Å². The highest BCUT2D eigenvalue weighted by Gasteiger charge is 2.47. The van der Waals surface area contributed by atoms with Crippen LogP contribution in [0.2, 0.25) is 0 Å². The number of halogens is 1. The minimum absolute atomic E-state index is 0.0925. The molecule has 1 saturated carbocycles. The van der Waals surface area contributed by atoms with Crippen LogP contribution in [0.4, 0.5) is 4.39 Å². The maximum atomic E-state index is 15.1. The summed E-state index contributed by atoms with van der Waals surface area (Å²) in [6.45, 7) is 0. The van der Waals surface area contributed by atoms with Crippen LogP contribution in [0.3, 0.4) is 0 Å². The second-order valence-electron chi connectivity index (χ2n) is 7.16. The maximum absolute atomic E-state index is 15.1. The summed E-state index contributed by atoms with van der Waals surface area (Å²) in [7, 11) is 1.82. The quantitative estimate of drug-likeness (QED) is 0.796. The molecule has 0 radical (unpaired) electrons. The van der Waals surface area contributed by atoms with Gasteiger partial charge in [0.25, 0.3) is 0 Å². The van der Waals surface area contributed by atoms with Gasteiger partial charge in [-0.3, -0.25) is 4.68 Å². The van der Waals surface area contributed by atoms with Crippen LogP contribution in [0.25, 0.3) is 11.3 Å². The van der Waals surface area contributed by atoms with Gasteiger partial charge in [0.1, 0.15) is 12.1 Å². The van der Waals surface area contributed by atoms with Crippen LogP contribution in [0.15, 0.2) is 30.5 Å². The second-order valence-corrected chi connectivity index (χ2v) is 8.30. The maximum Gasteiger partial charge on any atom is 0.135 e. The molecule has 2 bridgehead atoms. The van der Waals surface area contributed by atoms with Crippen LogP contribution in [0, 0.1) is 11.7 Å². The topological polar surface area (TPSA) is 64.9 Å². The molecular weight excluding hydrogens is 339 g/mol. The number of hydrogen-bond acceptors (Lipinski definition) is 4. The number of nitrogens with zero attached hydrogens (tertiary/aromatic N) is 2. The number of aryl methyl sites for hydroxylation is 1. The number of fused-ring (bicyclic) bond motifs is 2. The van der Waals surface area contributed by atoms with Gasteiger partial charge in [-0.05, 0) is 42.9 Å². The van der Waals surface area contributed by atoms with Gasteiger partial charge < -0.3 is 9.87 Å². The van der Waals surface area contributed by atoms with E-state index in [2.05, 4.69) is 15.1 Å². The van der Waals surface area contributed by atoms with Crippen LogP contribution >= 0.6 is 0 Å². The van der Waals surface area contributed by atoms with Crippen molar-refractivity contribution in [2.45, 2.75) is 37.4 Å². The Bertz CT molecular complexity index is 759. The molecule has 5 nitrogen and oxygen atoms in total. The summed E-state index contributed by atoms with van der Waals surface area (Å²) in [6.07, 6.45) is 6.27. The Balaban J connectivity index is 1.58. The van der Waals surface area contributed by atoms with E-state index in [9.17, 15) is 4.55 Å². The van der Waals surface area contributed by atoms with E-state index in [1.165, 1.54) is 0 Å². The molecule has 1 aliphatic carbocycles. The Morgan fingerprint density at radius 1 is 1.40 bits per heavy atom. The van der Waals surface area contributed by atoms with Crippen LogP contribution in [-0.4, -0.2) is 38.7 Å². The molecule has 0 spiro atoms. The number of hydrogen-bond donors (Lipinski definition) is 2. The molecule has 25 heavy (non-hydrogen) atoms. The SMILES string of the molecule is Cn1ccc(-c2cccc(C[C@@H]3NC4CC(C4)[C@@H]3N[S+](C)[O-])c2F)n1. The Morgan fingerprint density at radius 3 is 2.88 bits per heavy atom. The van der Waals surface area contributed by atoms with Gasteiger partial charge in [-0.2, -0.15) is 5.10 Å². The van der Waals surface area contributed by atoms with Gasteiger partial charge >= 0.3 is 0 Å². The third-order valence-electron chi connectivity index (χ3n) is 5.38. The van der Waals surface area contributed by atoms with E-state index in [1.54, 1.807) is 17.0 Å². The Kier molecular flexibility index (Phi) is 4.58. The molecule has 3 atom stereocenters. The number of piperidine rings is 2. The standard InChI is InChI=1S/C18H23FN4OS/c1-23-7-6-15(21-23)14-5-3-4-11(17(14)19)10-16-18(22-25(2)24)12-8-13(9-12)20-16/h3-7,12-13,16,18,20,22H,8-10H2,1-2H3/t12?,13?,16-,18-,25?/m0/s1. The second kappa shape index (κ2) is 6.72. The summed E-state index contributed by atoms with van der Waals surface area (Å²) in [5, 5.41) is 7.91. The highest BCUT2D eigenvalue weighted by Crippen LogP contribution is 2.38. The molecule has 3 fully saturated rings. The first-order chi connectivity index (χ1) is 12.0. The molecule has 1 unspecified atom stereocenters. The minimum atomic E-state index is -1.07. The molecule has 1 aromatic heterocycles.